The smallest absolute Gasteiger partial charge is 0.253 e. The van der Waals surface area contributed by atoms with Gasteiger partial charge in [0.15, 0.2) is 5.78 Å². The van der Waals surface area contributed by atoms with Crippen LogP contribution in [0.2, 0.25) is 0 Å². The van der Waals surface area contributed by atoms with Crippen molar-refractivity contribution in [3.8, 4) is 0 Å². The van der Waals surface area contributed by atoms with Gasteiger partial charge in [-0.2, -0.15) is 11.8 Å². The number of Topliss-reactive ketones (excluding diaryl/α,β-unsaturated/α-hetero) is 1. The molecule has 1 aromatic rings. The molecule has 0 saturated carbocycles. The van der Waals surface area contributed by atoms with Gasteiger partial charge in [-0.25, -0.2) is 0 Å². The molecule has 20 heavy (non-hydrogen) atoms. The molecule has 1 aliphatic rings. The highest BCUT2D eigenvalue weighted by molar-refractivity contribution is 8.00. The monoisotopic (exact) mass is 313 g/mol. The predicted molar refractivity (Wildman–Crippen MR) is 86.0 cm³/mol. The number of primary amides is 1. The van der Waals surface area contributed by atoms with Crippen molar-refractivity contribution in [2.75, 3.05) is 29.5 Å². The average molecular weight is 313 g/mol. The zero-order chi connectivity index (χ0) is 14.9. The molecule has 5 nitrogen and oxygen atoms in total. The van der Waals surface area contributed by atoms with E-state index in [1.165, 1.54) is 18.3 Å². The van der Waals surface area contributed by atoms with Crippen molar-refractivity contribution in [3.63, 3.8) is 0 Å². The van der Waals surface area contributed by atoms with Crippen LogP contribution in [0.1, 0.15) is 40.3 Å². The lowest BCUT2D eigenvalue weighted by Crippen LogP contribution is -2.38. The van der Waals surface area contributed by atoms with Crippen LogP contribution in [0, 0.1) is 0 Å². The largest absolute Gasteiger partial charge is 0.397 e. The van der Waals surface area contributed by atoms with Crippen LogP contribution in [-0.4, -0.2) is 35.8 Å². The SMILES string of the molecule is CCC1CN(c2sc(C(C)=O)c(N)c2C(N)=O)CCS1. The highest BCUT2D eigenvalue weighted by Gasteiger charge is 2.28. The number of hydrogen-bond donors (Lipinski definition) is 2. The summed E-state index contributed by atoms with van der Waals surface area (Å²) in [5.74, 6) is 0.316. The number of ketones is 1. The fourth-order valence-electron chi connectivity index (χ4n) is 2.30. The van der Waals surface area contributed by atoms with Crippen LogP contribution in [-0.2, 0) is 0 Å². The maximum absolute atomic E-state index is 11.7. The van der Waals surface area contributed by atoms with Gasteiger partial charge in [0.1, 0.15) is 5.00 Å². The van der Waals surface area contributed by atoms with Crippen molar-refractivity contribution in [2.24, 2.45) is 5.73 Å². The highest BCUT2D eigenvalue weighted by Crippen LogP contribution is 2.40. The second-order valence-corrected chi connectivity index (χ2v) is 7.20. The van der Waals surface area contributed by atoms with Gasteiger partial charge in [-0.05, 0) is 6.42 Å². The van der Waals surface area contributed by atoms with E-state index in [1.54, 1.807) is 0 Å². The van der Waals surface area contributed by atoms with Crippen LogP contribution < -0.4 is 16.4 Å². The zero-order valence-corrected chi connectivity index (χ0v) is 13.3. The summed E-state index contributed by atoms with van der Waals surface area (Å²) in [5, 5.41) is 1.28. The Balaban J connectivity index is 2.42. The summed E-state index contributed by atoms with van der Waals surface area (Å²) in [5.41, 5.74) is 11.9. The second-order valence-electron chi connectivity index (χ2n) is 4.79. The molecule has 1 fully saturated rings. The average Bonchev–Trinajstić information content (AvgIpc) is 2.76. The number of amides is 1. The molecule has 0 aromatic carbocycles. The standard InChI is InChI=1S/C13H19N3O2S2/c1-3-8-6-16(4-5-19-8)13-9(12(15)18)10(14)11(20-13)7(2)17/h8H,3-6,14H2,1-2H3,(H2,15,18). The van der Waals surface area contributed by atoms with Gasteiger partial charge in [-0.15, -0.1) is 11.3 Å². The Labute approximate surface area is 126 Å². The molecule has 4 N–H and O–H groups in total. The Bertz CT molecular complexity index is 542. The van der Waals surface area contributed by atoms with E-state index in [-0.39, 0.29) is 11.5 Å². The van der Waals surface area contributed by atoms with E-state index < -0.39 is 5.91 Å². The molecule has 1 saturated heterocycles. The molecular weight excluding hydrogens is 294 g/mol. The van der Waals surface area contributed by atoms with Gasteiger partial charge in [0, 0.05) is 31.0 Å². The minimum absolute atomic E-state index is 0.125. The molecule has 0 spiro atoms. The molecule has 1 atom stereocenters. The van der Waals surface area contributed by atoms with Crippen LogP contribution in [0.5, 0.6) is 0 Å². The number of hydrogen-bond acceptors (Lipinski definition) is 6. The number of nitrogens with two attached hydrogens (primary N) is 2. The Morgan fingerprint density at radius 1 is 1.45 bits per heavy atom. The highest BCUT2D eigenvalue weighted by atomic mass is 32.2. The molecule has 1 amide bonds. The Hall–Kier alpha value is -1.21. The van der Waals surface area contributed by atoms with Crippen molar-refractivity contribution in [1.29, 1.82) is 0 Å². The number of thiophene rings is 1. The molecule has 7 heteroatoms. The molecule has 2 heterocycles. The van der Waals surface area contributed by atoms with Gasteiger partial charge in [0.25, 0.3) is 5.91 Å². The zero-order valence-electron chi connectivity index (χ0n) is 11.6. The number of rotatable bonds is 4. The van der Waals surface area contributed by atoms with Crippen molar-refractivity contribution in [1.82, 2.24) is 0 Å². The molecular formula is C13H19N3O2S2. The fourth-order valence-corrected chi connectivity index (χ4v) is 4.64. The number of carbonyl (C=O) groups excluding carboxylic acids is 2. The molecule has 2 rings (SSSR count). The van der Waals surface area contributed by atoms with E-state index in [1.807, 2.05) is 11.8 Å². The summed E-state index contributed by atoms with van der Waals surface area (Å²) in [4.78, 5) is 25.9. The maximum atomic E-state index is 11.7. The van der Waals surface area contributed by atoms with Crippen molar-refractivity contribution >= 4 is 45.5 Å². The fraction of sp³-hybridized carbons (Fsp3) is 0.538. The number of carbonyl (C=O) groups is 2. The van der Waals surface area contributed by atoms with Crippen LogP contribution in [0.25, 0.3) is 0 Å². The van der Waals surface area contributed by atoms with Gasteiger partial charge in [0.2, 0.25) is 0 Å². The van der Waals surface area contributed by atoms with Crippen LogP contribution >= 0.6 is 23.1 Å². The summed E-state index contributed by atoms with van der Waals surface area (Å²) >= 11 is 3.22. The first-order chi connectivity index (χ1) is 9.45. The third kappa shape index (κ3) is 2.78. The van der Waals surface area contributed by atoms with Crippen LogP contribution in [0.4, 0.5) is 10.7 Å². The number of nitrogens with zero attached hydrogens (tertiary/aromatic N) is 1. The van der Waals surface area contributed by atoms with E-state index in [2.05, 4.69) is 11.8 Å². The number of thioether (sulfide) groups is 1. The van der Waals surface area contributed by atoms with Crippen LogP contribution in [0.15, 0.2) is 0 Å². The maximum Gasteiger partial charge on any atom is 0.253 e. The Morgan fingerprint density at radius 3 is 2.70 bits per heavy atom. The van der Waals surface area contributed by atoms with E-state index in [0.717, 1.165) is 30.3 Å². The molecule has 0 radical (unpaired) electrons. The first-order valence-corrected chi connectivity index (χ1v) is 8.41. The molecule has 0 aliphatic carbocycles. The normalized spacial score (nSPS) is 19.1. The summed E-state index contributed by atoms with van der Waals surface area (Å²) in [7, 11) is 0. The van der Waals surface area contributed by atoms with Crippen LogP contribution in [0.3, 0.4) is 0 Å². The summed E-state index contributed by atoms with van der Waals surface area (Å²) in [6.45, 7) is 5.31. The minimum Gasteiger partial charge on any atom is -0.397 e. The van der Waals surface area contributed by atoms with Gasteiger partial charge in [0.05, 0.1) is 16.1 Å². The van der Waals surface area contributed by atoms with Gasteiger partial charge >= 0.3 is 0 Å². The first kappa shape index (κ1) is 15.2. The van der Waals surface area contributed by atoms with Crippen molar-refractivity contribution in [3.05, 3.63) is 10.4 Å². The molecule has 1 aliphatic heterocycles. The van der Waals surface area contributed by atoms with E-state index in [0.29, 0.717) is 15.7 Å². The Kier molecular flexibility index (Phi) is 4.59. The summed E-state index contributed by atoms with van der Waals surface area (Å²) < 4.78 is 0. The molecule has 110 valence electrons. The predicted octanol–water partition coefficient (Wildman–Crippen LogP) is 1.96. The van der Waals surface area contributed by atoms with E-state index in [4.69, 9.17) is 11.5 Å². The van der Waals surface area contributed by atoms with Gasteiger partial charge in [-0.1, -0.05) is 6.92 Å². The third-order valence-corrected chi connectivity index (χ3v) is 6.11. The molecule has 1 aromatic heterocycles. The number of anilines is 2. The topological polar surface area (TPSA) is 89.4 Å². The van der Waals surface area contributed by atoms with Gasteiger partial charge in [-0.3, -0.25) is 9.59 Å². The van der Waals surface area contributed by atoms with E-state index >= 15 is 0 Å². The number of nitrogen functional groups attached to an aromatic ring is 1. The second kappa shape index (κ2) is 6.05. The lowest BCUT2D eigenvalue weighted by Gasteiger charge is -2.33. The van der Waals surface area contributed by atoms with Gasteiger partial charge < -0.3 is 16.4 Å². The first-order valence-electron chi connectivity index (χ1n) is 6.55. The summed E-state index contributed by atoms with van der Waals surface area (Å²) in [6.07, 6.45) is 1.08. The lowest BCUT2D eigenvalue weighted by molar-refractivity contribution is 0.100. The van der Waals surface area contributed by atoms with Crippen molar-refractivity contribution < 1.29 is 9.59 Å². The lowest BCUT2D eigenvalue weighted by atomic mass is 10.2. The van der Waals surface area contributed by atoms with E-state index in [9.17, 15) is 9.59 Å². The summed E-state index contributed by atoms with van der Waals surface area (Å²) in [6, 6.07) is 0. The minimum atomic E-state index is -0.562. The quantitative estimate of drug-likeness (QED) is 0.829. The third-order valence-electron chi connectivity index (χ3n) is 3.37. The van der Waals surface area contributed by atoms with Crippen molar-refractivity contribution in [2.45, 2.75) is 25.5 Å². The molecule has 1 unspecified atom stereocenters. The molecule has 0 bridgehead atoms. The Morgan fingerprint density at radius 2 is 2.15 bits per heavy atom.